The van der Waals surface area contributed by atoms with Crippen molar-refractivity contribution < 1.29 is 9.13 Å². The molecule has 0 aliphatic rings. The van der Waals surface area contributed by atoms with Gasteiger partial charge in [0.15, 0.2) is 5.69 Å². The molecular formula is C24H22FN5O2S2. The fourth-order valence-corrected chi connectivity index (χ4v) is 5.10. The van der Waals surface area contributed by atoms with E-state index in [9.17, 15) is 9.18 Å². The van der Waals surface area contributed by atoms with E-state index in [0.29, 0.717) is 36.1 Å². The lowest BCUT2D eigenvalue weighted by molar-refractivity contribution is 0.305. The molecule has 0 unspecified atom stereocenters. The number of nitrogens with zero attached hydrogens (tertiary/aromatic N) is 5. The molecule has 0 bridgehead atoms. The minimum absolute atomic E-state index is 0.209. The molecule has 174 valence electrons. The third-order valence-corrected chi connectivity index (χ3v) is 7.06. The van der Waals surface area contributed by atoms with Gasteiger partial charge in [0, 0.05) is 41.5 Å². The first-order valence-corrected chi connectivity index (χ1v) is 12.6. The number of halogens is 1. The molecule has 5 rings (SSSR count). The van der Waals surface area contributed by atoms with Crippen LogP contribution in [0.5, 0.6) is 5.75 Å². The Kier molecular flexibility index (Phi) is 6.50. The first kappa shape index (κ1) is 22.4. The van der Waals surface area contributed by atoms with Crippen molar-refractivity contribution >= 4 is 28.5 Å². The number of imidazole rings is 1. The van der Waals surface area contributed by atoms with Crippen LogP contribution in [0.15, 0.2) is 59.2 Å². The van der Waals surface area contributed by atoms with Crippen LogP contribution in [-0.4, -0.2) is 30.5 Å². The van der Waals surface area contributed by atoms with Crippen LogP contribution < -0.4 is 10.3 Å². The zero-order chi connectivity index (χ0) is 23.5. The van der Waals surface area contributed by atoms with Crippen LogP contribution in [0, 0.1) is 5.82 Å². The second-order valence-corrected chi connectivity index (χ2v) is 9.85. The number of aromatic nitrogens is 5. The van der Waals surface area contributed by atoms with Crippen molar-refractivity contribution in [2.45, 2.75) is 32.7 Å². The van der Waals surface area contributed by atoms with Crippen molar-refractivity contribution in [3.05, 3.63) is 86.1 Å². The minimum Gasteiger partial charge on any atom is -0.486 e. The Morgan fingerprint density at radius 3 is 2.76 bits per heavy atom. The molecule has 0 spiro atoms. The monoisotopic (exact) mass is 495 g/mol. The third-order valence-electron chi connectivity index (χ3n) is 5.29. The van der Waals surface area contributed by atoms with Gasteiger partial charge in [0.25, 0.3) is 0 Å². The molecule has 0 aliphatic carbocycles. The van der Waals surface area contributed by atoms with Gasteiger partial charge in [0.1, 0.15) is 15.8 Å². The standard InChI is InChI=1S/C24H22FN5O2S2/c1-2-3-11-32-21-20(22-27-14-18(34-22)13-16-4-6-17(25)7-5-16)28-24-29(9-10-30(24)23(21)31)15-19-26-8-12-33-19/h4-10,12,14H,2-3,11,13,15H2,1H3. The van der Waals surface area contributed by atoms with E-state index in [4.69, 9.17) is 9.72 Å². The Balaban J connectivity index is 1.54. The van der Waals surface area contributed by atoms with Gasteiger partial charge in [0.05, 0.1) is 13.2 Å². The maximum atomic E-state index is 13.4. The summed E-state index contributed by atoms with van der Waals surface area (Å²) >= 11 is 3.01. The summed E-state index contributed by atoms with van der Waals surface area (Å²) in [5, 5.41) is 3.46. The van der Waals surface area contributed by atoms with Crippen LogP contribution in [0.25, 0.3) is 16.5 Å². The Morgan fingerprint density at radius 2 is 2.00 bits per heavy atom. The number of fused-ring (bicyclic) bond motifs is 1. The number of benzene rings is 1. The second-order valence-electron chi connectivity index (χ2n) is 7.75. The molecule has 0 radical (unpaired) electrons. The molecule has 0 aliphatic heterocycles. The van der Waals surface area contributed by atoms with Crippen molar-refractivity contribution in [3.8, 4) is 16.5 Å². The molecule has 0 fully saturated rings. The number of thiazole rings is 2. The fourth-order valence-electron chi connectivity index (χ4n) is 3.55. The largest absolute Gasteiger partial charge is 0.486 e. The highest BCUT2D eigenvalue weighted by Crippen LogP contribution is 2.31. The zero-order valence-electron chi connectivity index (χ0n) is 18.5. The molecule has 7 nitrogen and oxygen atoms in total. The van der Waals surface area contributed by atoms with Crippen LogP contribution in [0.2, 0.25) is 0 Å². The van der Waals surface area contributed by atoms with E-state index < -0.39 is 0 Å². The van der Waals surface area contributed by atoms with Gasteiger partial charge in [-0.1, -0.05) is 25.5 Å². The van der Waals surface area contributed by atoms with E-state index in [1.807, 2.05) is 16.1 Å². The van der Waals surface area contributed by atoms with Crippen LogP contribution in [-0.2, 0) is 13.0 Å². The van der Waals surface area contributed by atoms with Crippen molar-refractivity contribution in [2.75, 3.05) is 6.61 Å². The molecular weight excluding hydrogens is 473 g/mol. The first-order valence-electron chi connectivity index (χ1n) is 10.9. The lowest BCUT2D eigenvalue weighted by Crippen LogP contribution is -2.19. The highest BCUT2D eigenvalue weighted by atomic mass is 32.1. The van der Waals surface area contributed by atoms with E-state index in [1.54, 1.807) is 42.1 Å². The quantitative estimate of drug-likeness (QED) is 0.268. The minimum atomic E-state index is -0.263. The van der Waals surface area contributed by atoms with E-state index in [-0.39, 0.29) is 17.1 Å². The van der Waals surface area contributed by atoms with Gasteiger partial charge < -0.3 is 9.30 Å². The van der Waals surface area contributed by atoms with Crippen molar-refractivity contribution in [3.63, 3.8) is 0 Å². The molecule has 10 heteroatoms. The highest BCUT2D eigenvalue weighted by Gasteiger charge is 2.21. The Labute approximate surface area is 203 Å². The van der Waals surface area contributed by atoms with Crippen LogP contribution in [0.1, 0.15) is 35.2 Å². The number of hydrogen-bond donors (Lipinski definition) is 0. The van der Waals surface area contributed by atoms with Gasteiger partial charge in [0.2, 0.25) is 11.5 Å². The van der Waals surface area contributed by atoms with Crippen molar-refractivity contribution in [1.82, 2.24) is 23.9 Å². The van der Waals surface area contributed by atoms with Gasteiger partial charge in [-0.25, -0.2) is 23.7 Å². The van der Waals surface area contributed by atoms with Crippen molar-refractivity contribution in [2.24, 2.45) is 0 Å². The summed E-state index contributed by atoms with van der Waals surface area (Å²) in [6, 6.07) is 6.42. The number of rotatable bonds is 9. The molecule has 0 saturated carbocycles. The van der Waals surface area contributed by atoms with E-state index >= 15 is 0 Å². The summed E-state index contributed by atoms with van der Waals surface area (Å²) < 4.78 is 22.6. The Hall–Kier alpha value is -3.37. The topological polar surface area (TPSA) is 74.3 Å². The second kappa shape index (κ2) is 9.86. The highest BCUT2D eigenvalue weighted by molar-refractivity contribution is 7.15. The summed E-state index contributed by atoms with van der Waals surface area (Å²) in [5.74, 6) is 0.454. The summed E-state index contributed by atoms with van der Waals surface area (Å²) in [4.78, 5) is 28.1. The van der Waals surface area contributed by atoms with Crippen LogP contribution in [0.4, 0.5) is 4.39 Å². The van der Waals surface area contributed by atoms with Gasteiger partial charge in [-0.3, -0.25) is 4.79 Å². The average molecular weight is 496 g/mol. The molecule has 0 amide bonds. The zero-order valence-corrected chi connectivity index (χ0v) is 20.1. The normalized spacial score (nSPS) is 11.4. The average Bonchev–Trinajstić information content (AvgIpc) is 3.59. The van der Waals surface area contributed by atoms with E-state index in [0.717, 1.165) is 28.3 Å². The molecule has 0 saturated heterocycles. The Bertz CT molecular complexity index is 1460. The molecule has 4 aromatic heterocycles. The summed E-state index contributed by atoms with van der Waals surface area (Å²) in [6.45, 7) is 3.02. The van der Waals surface area contributed by atoms with E-state index in [2.05, 4.69) is 16.9 Å². The number of hydrogen-bond acceptors (Lipinski definition) is 7. The van der Waals surface area contributed by atoms with Crippen LogP contribution >= 0.6 is 22.7 Å². The van der Waals surface area contributed by atoms with E-state index in [1.165, 1.54) is 27.9 Å². The number of unbranched alkanes of at least 4 members (excludes halogenated alkanes) is 1. The SMILES string of the molecule is CCCCOc1c(-c2ncc(Cc3ccc(F)cc3)s2)nc2n(Cc3nccs3)ccn2c1=O. The van der Waals surface area contributed by atoms with Gasteiger partial charge in [-0.15, -0.1) is 22.7 Å². The molecule has 0 N–H and O–H groups in total. The fraction of sp³-hybridized carbons (Fsp3) is 0.250. The molecule has 4 heterocycles. The smallest absolute Gasteiger partial charge is 0.302 e. The predicted octanol–water partition coefficient (Wildman–Crippen LogP) is 5.03. The Morgan fingerprint density at radius 1 is 1.15 bits per heavy atom. The molecule has 5 aromatic rings. The number of ether oxygens (including phenoxy) is 1. The predicted molar refractivity (Wildman–Crippen MR) is 131 cm³/mol. The lowest BCUT2D eigenvalue weighted by atomic mass is 10.1. The maximum absolute atomic E-state index is 13.4. The molecule has 0 atom stereocenters. The van der Waals surface area contributed by atoms with Gasteiger partial charge in [-0.2, -0.15) is 0 Å². The molecule has 34 heavy (non-hydrogen) atoms. The molecule has 1 aromatic carbocycles. The maximum Gasteiger partial charge on any atom is 0.302 e. The third kappa shape index (κ3) is 4.64. The van der Waals surface area contributed by atoms with Crippen LogP contribution in [0.3, 0.4) is 0 Å². The first-order chi connectivity index (χ1) is 16.6. The van der Waals surface area contributed by atoms with Gasteiger partial charge >= 0.3 is 5.56 Å². The van der Waals surface area contributed by atoms with Gasteiger partial charge in [-0.05, 0) is 24.1 Å². The summed E-state index contributed by atoms with van der Waals surface area (Å²) in [6.07, 6.45) is 9.47. The lowest BCUT2D eigenvalue weighted by Gasteiger charge is -2.10. The summed E-state index contributed by atoms with van der Waals surface area (Å²) in [7, 11) is 0. The summed E-state index contributed by atoms with van der Waals surface area (Å²) in [5.41, 5.74) is 1.16. The van der Waals surface area contributed by atoms with Crippen molar-refractivity contribution in [1.29, 1.82) is 0 Å².